The zero-order valence-electron chi connectivity index (χ0n) is 11.5. The van der Waals surface area contributed by atoms with Gasteiger partial charge in [-0.05, 0) is 29.0 Å². The fraction of sp³-hybridized carbons (Fsp3) is 0. The molecule has 3 nitrogen and oxygen atoms in total. The van der Waals surface area contributed by atoms with E-state index in [1.54, 1.807) is 18.3 Å². The van der Waals surface area contributed by atoms with Crippen LogP contribution >= 0.6 is 11.6 Å². The Bertz CT molecular complexity index is 1070. The molecule has 4 aromatic rings. The summed E-state index contributed by atoms with van der Waals surface area (Å²) in [5, 5.41) is 2.79. The summed E-state index contributed by atoms with van der Waals surface area (Å²) in [6.07, 6.45) is 1.58. The van der Waals surface area contributed by atoms with Crippen molar-refractivity contribution in [2.75, 3.05) is 0 Å². The van der Waals surface area contributed by atoms with E-state index in [0.29, 0.717) is 16.4 Å². The van der Waals surface area contributed by atoms with Crippen molar-refractivity contribution in [2.24, 2.45) is 0 Å². The first-order chi connectivity index (χ1) is 10.7. The molecule has 0 bridgehead atoms. The van der Waals surface area contributed by atoms with E-state index in [4.69, 9.17) is 11.6 Å². The fourth-order valence-corrected chi connectivity index (χ4v) is 2.73. The normalized spacial score (nSPS) is 11.1. The Kier molecular flexibility index (Phi) is 2.94. The average Bonchev–Trinajstić information content (AvgIpc) is 2.55. The SMILES string of the molecule is O=c1cc(-c2ccc3ccccc3c2)nc2ccc(Cl)cn12. The third-order valence-electron chi connectivity index (χ3n) is 3.67. The molecule has 106 valence electrons. The van der Waals surface area contributed by atoms with Gasteiger partial charge in [0, 0.05) is 17.8 Å². The van der Waals surface area contributed by atoms with Crippen LogP contribution in [0.3, 0.4) is 0 Å². The third-order valence-corrected chi connectivity index (χ3v) is 3.89. The van der Waals surface area contributed by atoms with E-state index in [1.165, 1.54) is 10.5 Å². The van der Waals surface area contributed by atoms with Gasteiger partial charge in [0.05, 0.1) is 10.7 Å². The third kappa shape index (κ3) is 2.16. The molecule has 2 aromatic carbocycles. The van der Waals surface area contributed by atoms with Crippen molar-refractivity contribution in [1.82, 2.24) is 9.38 Å². The summed E-state index contributed by atoms with van der Waals surface area (Å²) in [7, 11) is 0. The van der Waals surface area contributed by atoms with Crippen LogP contribution in [0.5, 0.6) is 0 Å². The van der Waals surface area contributed by atoms with E-state index in [1.807, 2.05) is 36.4 Å². The van der Waals surface area contributed by atoms with E-state index in [9.17, 15) is 4.79 Å². The molecule has 0 amide bonds. The highest BCUT2D eigenvalue weighted by Crippen LogP contribution is 2.22. The number of hydrogen-bond donors (Lipinski definition) is 0. The fourth-order valence-electron chi connectivity index (χ4n) is 2.57. The predicted molar refractivity (Wildman–Crippen MR) is 89.4 cm³/mol. The van der Waals surface area contributed by atoms with Gasteiger partial charge in [-0.15, -0.1) is 0 Å². The summed E-state index contributed by atoms with van der Waals surface area (Å²) in [6.45, 7) is 0. The first-order valence-corrected chi connectivity index (χ1v) is 7.27. The lowest BCUT2D eigenvalue weighted by Gasteiger charge is -2.06. The van der Waals surface area contributed by atoms with Crippen LogP contribution in [0.1, 0.15) is 0 Å². The van der Waals surface area contributed by atoms with E-state index < -0.39 is 0 Å². The second kappa shape index (κ2) is 4.97. The van der Waals surface area contributed by atoms with Crippen molar-refractivity contribution < 1.29 is 0 Å². The highest BCUT2D eigenvalue weighted by molar-refractivity contribution is 6.30. The Labute approximate surface area is 131 Å². The molecule has 0 saturated heterocycles. The molecule has 0 unspecified atom stereocenters. The molecule has 0 N–H and O–H groups in total. The summed E-state index contributed by atoms with van der Waals surface area (Å²) in [4.78, 5) is 16.8. The van der Waals surface area contributed by atoms with Gasteiger partial charge in [0.15, 0.2) is 0 Å². The second-order valence-corrected chi connectivity index (χ2v) is 5.55. The number of rotatable bonds is 1. The number of nitrogens with zero attached hydrogens (tertiary/aromatic N) is 2. The van der Waals surface area contributed by atoms with Crippen LogP contribution in [0.4, 0.5) is 0 Å². The van der Waals surface area contributed by atoms with Gasteiger partial charge in [0.25, 0.3) is 5.56 Å². The Balaban J connectivity index is 1.96. The Morgan fingerprint density at radius 2 is 1.73 bits per heavy atom. The monoisotopic (exact) mass is 306 g/mol. The van der Waals surface area contributed by atoms with Crippen molar-refractivity contribution >= 4 is 28.0 Å². The predicted octanol–water partition coefficient (Wildman–Crippen LogP) is 4.17. The van der Waals surface area contributed by atoms with Gasteiger partial charge in [-0.25, -0.2) is 4.98 Å². The Hall–Kier alpha value is -2.65. The number of pyridine rings is 1. The molecule has 0 aliphatic rings. The minimum Gasteiger partial charge on any atom is -0.269 e. The molecule has 0 atom stereocenters. The van der Waals surface area contributed by atoms with Gasteiger partial charge in [-0.1, -0.05) is 48.0 Å². The maximum Gasteiger partial charge on any atom is 0.258 e. The maximum absolute atomic E-state index is 12.3. The quantitative estimate of drug-likeness (QED) is 0.529. The second-order valence-electron chi connectivity index (χ2n) is 5.12. The van der Waals surface area contributed by atoms with Gasteiger partial charge < -0.3 is 0 Å². The number of aromatic nitrogens is 2. The topological polar surface area (TPSA) is 34.4 Å². The number of hydrogen-bond acceptors (Lipinski definition) is 2. The first-order valence-electron chi connectivity index (χ1n) is 6.89. The van der Waals surface area contributed by atoms with Crippen LogP contribution in [0, 0.1) is 0 Å². The van der Waals surface area contributed by atoms with E-state index >= 15 is 0 Å². The molecule has 2 aromatic heterocycles. The van der Waals surface area contributed by atoms with Crippen LogP contribution in [0.15, 0.2) is 71.7 Å². The van der Waals surface area contributed by atoms with E-state index in [-0.39, 0.29) is 5.56 Å². The molecule has 4 heteroatoms. The zero-order valence-corrected chi connectivity index (χ0v) is 12.3. The van der Waals surface area contributed by atoms with Gasteiger partial charge in [-0.2, -0.15) is 0 Å². The lowest BCUT2D eigenvalue weighted by molar-refractivity contribution is 1.05. The van der Waals surface area contributed by atoms with Crippen LogP contribution in [-0.4, -0.2) is 9.38 Å². The molecule has 0 fully saturated rings. The van der Waals surface area contributed by atoms with E-state index in [0.717, 1.165) is 16.3 Å². The Morgan fingerprint density at radius 1 is 0.909 bits per heavy atom. The molecule has 0 aliphatic heterocycles. The van der Waals surface area contributed by atoms with Crippen LogP contribution in [0.25, 0.3) is 27.7 Å². The molecule has 0 saturated carbocycles. The van der Waals surface area contributed by atoms with E-state index in [2.05, 4.69) is 11.1 Å². The minimum atomic E-state index is -0.143. The Morgan fingerprint density at radius 3 is 2.59 bits per heavy atom. The molecular formula is C18H11ClN2O. The summed E-state index contributed by atoms with van der Waals surface area (Å²) >= 11 is 5.93. The maximum atomic E-state index is 12.3. The summed E-state index contributed by atoms with van der Waals surface area (Å²) in [6, 6.07) is 19.2. The number of halogens is 1. The summed E-state index contributed by atoms with van der Waals surface area (Å²) in [5.74, 6) is 0. The summed E-state index contributed by atoms with van der Waals surface area (Å²) in [5.41, 5.74) is 2.03. The van der Waals surface area contributed by atoms with Crippen molar-refractivity contribution in [3.05, 3.63) is 82.2 Å². The number of fused-ring (bicyclic) bond motifs is 2. The average molecular weight is 307 g/mol. The smallest absolute Gasteiger partial charge is 0.258 e. The highest BCUT2D eigenvalue weighted by Gasteiger charge is 2.06. The molecule has 22 heavy (non-hydrogen) atoms. The van der Waals surface area contributed by atoms with Gasteiger partial charge in [0.2, 0.25) is 0 Å². The van der Waals surface area contributed by atoms with Crippen LogP contribution < -0.4 is 5.56 Å². The standard InChI is InChI=1S/C18H11ClN2O/c19-15-7-8-17-20-16(10-18(22)21(17)11-15)14-6-5-12-3-1-2-4-13(12)9-14/h1-11H. The molecule has 2 heterocycles. The number of benzene rings is 2. The molecular weight excluding hydrogens is 296 g/mol. The molecule has 0 radical (unpaired) electrons. The minimum absolute atomic E-state index is 0.143. The molecule has 0 aliphatic carbocycles. The van der Waals surface area contributed by atoms with Crippen molar-refractivity contribution in [1.29, 1.82) is 0 Å². The first kappa shape index (κ1) is 13.0. The molecule has 0 spiro atoms. The molecule has 4 rings (SSSR count). The summed E-state index contributed by atoms with van der Waals surface area (Å²) < 4.78 is 1.45. The van der Waals surface area contributed by atoms with Crippen LogP contribution in [-0.2, 0) is 0 Å². The lowest BCUT2D eigenvalue weighted by Crippen LogP contribution is -2.13. The van der Waals surface area contributed by atoms with Gasteiger partial charge in [0.1, 0.15) is 5.65 Å². The van der Waals surface area contributed by atoms with Gasteiger partial charge in [-0.3, -0.25) is 9.20 Å². The van der Waals surface area contributed by atoms with Crippen molar-refractivity contribution in [3.8, 4) is 11.3 Å². The van der Waals surface area contributed by atoms with Gasteiger partial charge >= 0.3 is 0 Å². The lowest BCUT2D eigenvalue weighted by atomic mass is 10.1. The zero-order chi connectivity index (χ0) is 15.1. The highest BCUT2D eigenvalue weighted by atomic mass is 35.5. The van der Waals surface area contributed by atoms with Crippen LogP contribution in [0.2, 0.25) is 5.02 Å². The van der Waals surface area contributed by atoms with Crippen molar-refractivity contribution in [2.45, 2.75) is 0 Å². The van der Waals surface area contributed by atoms with Crippen molar-refractivity contribution in [3.63, 3.8) is 0 Å². The largest absolute Gasteiger partial charge is 0.269 e.